The van der Waals surface area contributed by atoms with Crippen LogP contribution >= 0.6 is 11.3 Å². The molecule has 0 saturated carbocycles. The minimum absolute atomic E-state index is 0.1000. The number of hydrogen-bond acceptors (Lipinski definition) is 6. The molecule has 1 aromatic carbocycles. The molecule has 0 fully saturated rings. The number of hydrogen-bond donors (Lipinski definition) is 0. The van der Waals surface area contributed by atoms with Gasteiger partial charge in [0.2, 0.25) is 0 Å². The quantitative estimate of drug-likeness (QED) is 0.318. The second-order valence-corrected chi connectivity index (χ2v) is 6.10. The van der Waals surface area contributed by atoms with Crippen LogP contribution in [0, 0.1) is 6.92 Å². The predicted molar refractivity (Wildman–Crippen MR) is 86.5 cm³/mol. The summed E-state index contributed by atoms with van der Waals surface area (Å²) in [6, 6.07) is 9.41. The maximum absolute atomic E-state index is 12.1. The van der Waals surface area contributed by atoms with Crippen molar-refractivity contribution in [2.24, 2.45) is 0 Å². The topological polar surface area (TPSA) is 73.6 Å². The van der Waals surface area contributed by atoms with Gasteiger partial charge in [0.05, 0.1) is 4.88 Å². The van der Waals surface area contributed by atoms with Crippen LogP contribution < -0.4 is 10.4 Å². The molecule has 116 valence electrons. The van der Waals surface area contributed by atoms with E-state index in [-0.39, 0.29) is 11.5 Å². The molecule has 5 nitrogen and oxygen atoms in total. The highest BCUT2D eigenvalue weighted by atomic mass is 32.1. The molecule has 0 N–H and O–H groups in total. The molecule has 0 atom stereocenters. The number of ketones is 1. The van der Waals surface area contributed by atoms with Crippen molar-refractivity contribution in [2.75, 3.05) is 0 Å². The average Bonchev–Trinajstić information content (AvgIpc) is 2.96. The second kappa shape index (κ2) is 5.81. The van der Waals surface area contributed by atoms with Gasteiger partial charge in [0.15, 0.2) is 5.78 Å². The zero-order valence-electron chi connectivity index (χ0n) is 12.4. The van der Waals surface area contributed by atoms with Crippen molar-refractivity contribution in [2.45, 2.75) is 13.8 Å². The summed E-state index contributed by atoms with van der Waals surface area (Å²) in [4.78, 5) is 35.6. The smallest absolute Gasteiger partial charge is 0.353 e. The van der Waals surface area contributed by atoms with Gasteiger partial charge < -0.3 is 9.15 Å². The van der Waals surface area contributed by atoms with Crippen molar-refractivity contribution in [3.05, 3.63) is 62.1 Å². The number of esters is 1. The molecule has 0 radical (unpaired) electrons. The first-order valence-electron chi connectivity index (χ1n) is 6.81. The molecule has 6 heteroatoms. The molecule has 0 amide bonds. The van der Waals surface area contributed by atoms with Crippen molar-refractivity contribution in [1.82, 2.24) is 0 Å². The van der Waals surface area contributed by atoms with Crippen molar-refractivity contribution < 1.29 is 18.7 Å². The van der Waals surface area contributed by atoms with Crippen LogP contribution in [0.15, 0.2) is 45.6 Å². The highest BCUT2D eigenvalue weighted by molar-refractivity contribution is 7.15. The van der Waals surface area contributed by atoms with E-state index >= 15 is 0 Å². The van der Waals surface area contributed by atoms with E-state index in [0.29, 0.717) is 15.3 Å². The number of fused-ring (bicyclic) bond motifs is 1. The lowest BCUT2D eigenvalue weighted by molar-refractivity contribution is 0.0740. The first-order chi connectivity index (χ1) is 10.9. The summed E-state index contributed by atoms with van der Waals surface area (Å²) in [6.07, 6.45) is 0. The van der Waals surface area contributed by atoms with Gasteiger partial charge in [-0.15, -0.1) is 11.3 Å². The summed E-state index contributed by atoms with van der Waals surface area (Å²) < 4.78 is 10.4. The van der Waals surface area contributed by atoms with Gasteiger partial charge in [-0.1, -0.05) is 0 Å². The van der Waals surface area contributed by atoms with Gasteiger partial charge >= 0.3 is 11.6 Å². The Kier molecular flexibility index (Phi) is 3.83. The van der Waals surface area contributed by atoms with Gasteiger partial charge in [-0.05, 0) is 43.7 Å². The number of carbonyl (C=O) groups excluding carboxylic acids is 2. The Balaban J connectivity index is 1.90. The van der Waals surface area contributed by atoms with E-state index < -0.39 is 11.6 Å². The third-order valence-electron chi connectivity index (χ3n) is 3.29. The van der Waals surface area contributed by atoms with E-state index in [4.69, 9.17) is 9.15 Å². The van der Waals surface area contributed by atoms with Crippen LogP contribution in [0.4, 0.5) is 0 Å². The van der Waals surface area contributed by atoms with Gasteiger partial charge in [-0.25, -0.2) is 9.59 Å². The van der Waals surface area contributed by atoms with Crippen LogP contribution in [0.2, 0.25) is 0 Å². The van der Waals surface area contributed by atoms with Gasteiger partial charge in [0, 0.05) is 17.5 Å². The molecule has 0 saturated heterocycles. The number of rotatable bonds is 3. The minimum atomic E-state index is -0.558. The molecule has 3 rings (SSSR count). The molecule has 0 aliphatic heterocycles. The van der Waals surface area contributed by atoms with E-state index in [0.717, 1.165) is 22.3 Å². The highest BCUT2D eigenvalue weighted by Crippen LogP contribution is 2.24. The molecule has 0 aliphatic carbocycles. The van der Waals surface area contributed by atoms with Crippen molar-refractivity contribution in [3.8, 4) is 5.75 Å². The van der Waals surface area contributed by atoms with Crippen molar-refractivity contribution in [1.29, 1.82) is 0 Å². The number of ether oxygens (including phenoxy) is 1. The Bertz CT molecular complexity index is 980. The number of benzene rings is 1. The molecule has 0 aliphatic rings. The van der Waals surface area contributed by atoms with Crippen LogP contribution in [0.3, 0.4) is 0 Å². The fourth-order valence-electron chi connectivity index (χ4n) is 2.16. The third-order valence-corrected chi connectivity index (χ3v) is 4.45. The van der Waals surface area contributed by atoms with E-state index in [1.54, 1.807) is 31.2 Å². The van der Waals surface area contributed by atoms with Crippen molar-refractivity contribution in [3.63, 3.8) is 0 Å². The molecule has 2 heterocycles. The highest BCUT2D eigenvalue weighted by Gasteiger charge is 2.14. The lowest BCUT2D eigenvalue weighted by Crippen LogP contribution is -2.06. The summed E-state index contributed by atoms with van der Waals surface area (Å²) >= 11 is 1.08. The van der Waals surface area contributed by atoms with Crippen LogP contribution in [-0.4, -0.2) is 11.8 Å². The van der Waals surface area contributed by atoms with Gasteiger partial charge in [0.1, 0.15) is 16.2 Å². The Labute approximate surface area is 135 Å². The van der Waals surface area contributed by atoms with E-state index in [9.17, 15) is 14.4 Å². The Hall–Kier alpha value is -2.73. The lowest BCUT2D eigenvalue weighted by atomic mass is 10.1. The average molecular weight is 328 g/mol. The standard InChI is InChI=1S/C17H12O5S/c1-9-7-16(19)22-13-8-11(3-4-12(9)13)21-17(20)15-6-5-14(23-15)10(2)18/h3-8H,1-2H3. The molecule has 23 heavy (non-hydrogen) atoms. The van der Waals surface area contributed by atoms with Crippen LogP contribution in [-0.2, 0) is 0 Å². The number of thiophene rings is 1. The van der Waals surface area contributed by atoms with Gasteiger partial charge in [-0.2, -0.15) is 0 Å². The first kappa shape index (κ1) is 15.2. The van der Waals surface area contributed by atoms with Crippen LogP contribution in [0.5, 0.6) is 5.75 Å². The second-order valence-electron chi connectivity index (χ2n) is 5.02. The molecule has 0 spiro atoms. The fourth-order valence-corrected chi connectivity index (χ4v) is 2.94. The third kappa shape index (κ3) is 3.07. The Morgan fingerprint density at radius 3 is 2.52 bits per heavy atom. The van der Waals surface area contributed by atoms with E-state index in [1.165, 1.54) is 19.1 Å². The monoisotopic (exact) mass is 328 g/mol. The number of aryl methyl sites for hydroxylation is 1. The van der Waals surface area contributed by atoms with Gasteiger partial charge in [-0.3, -0.25) is 4.79 Å². The van der Waals surface area contributed by atoms with Crippen molar-refractivity contribution >= 4 is 34.1 Å². The number of carbonyl (C=O) groups is 2. The number of Topliss-reactive ketones (excluding diaryl/α,β-unsaturated/α-hetero) is 1. The Morgan fingerprint density at radius 1 is 1.09 bits per heavy atom. The zero-order chi connectivity index (χ0) is 16.6. The molecule has 0 bridgehead atoms. The predicted octanol–water partition coefficient (Wildman–Crippen LogP) is 3.58. The molecule has 3 aromatic rings. The molecular formula is C17H12O5S. The summed E-state index contributed by atoms with van der Waals surface area (Å²) in [5.74, 6) is -0.386. The lowest BCUT2D eigenvalue weighted by Gasteiger charge is -2.05. The summed E-state index contributed by atoms with van der Waals surface area (Å²) in [5, 5.41) is 0.777. The normalized spacial score (nSPS) is 10.7. The van der Waals surface area contributed by atoms with Gasteiger partial charge in [0.25, 0.3) is 0 Å². The SMILES string of the molecule is CC(=O)c1ccc(C(=O)Oc2ccc3c(C)cc(=O)oc3c2)s1. The summed E-state index contributed by atoms with van der Waals surface area (Å²) in [7, 11) is 0. The summed E-state index contributed by atoms with van der Waals surface area (Å²) in [5.41, 5.74) is 0.692. The molecular weight excluding hydrogens is 316 g/mol. The van der Waals surface area contributed by atoms with E-state index in [2.05, 4.69) is 0 Å². The maximum atomic E-state index is 12.1. The van der Waals surface area contributed by atoms with E-state index in [1.807, 2.05) is 0 Å². The van der Waals surface area contributed by atoms with Crippen LogP contribution in [0.25, 0.3) is 11.0 Å². The Morgan fingerprint density at radius 2 is 1.83 bits per heavy atom. The molecule has 2 aromatic heterocycles. The zero-order valence-corrected chi connectivity index (χ0v) is 13.2. The summed E-state index contributed by atoms with van der Waals surface area (Å²) in [6.45, 7) is 3.24. The largest absolute Gasteiger partial charge is 0.423 e. The van der Waals surface area contributed by atoms with Crippen LogP contribution in [0.1, 0.15) is 31.8 Å². The first-order valence-corrected chi connectivity index (χ1v) is 7.63. The minimum Gasteiger partial charge on any atom is -0.423 e. The maximum Gasteiger partial charge on any atom is 0.353 e. The fraction of sp³-hybridized carbons (Fsp3) is 0.118. The molecule has 0 unspecified atom stereocenters.